The zero-order chi connectivity index (χ0) is 24.0. The van der Waals surface area contributed by atoms with Gasteiger partial charge in [-0.05, 0) is 65.0 Å². The number of hydrazone groups is 1. The molecule has 8 nitrogen and oxygen atoms in total. The average molecular weight is 466 g/mol. The number of aryl methyl sites for hydroxylation is 3. The number of hydrogen-bond acceptors (Lipinski definition) is 7. The molecule has 0 aliphatic carbocycles. The largest absolute Gasteiger partial charge is 0.462 e. The van der Waals surface area contributed by atoms with Crippen molar-refractivity contribution in [3.05, 3.63) is 70.3 Å². The van der Waals surface area contributed by atoms with Crippen LogP contribution in [-0.2, 0) is 9.53 Å². The third-order valence-electron chi connectivity index (χ3n) is 4.77. The van der Waals surface area contributed by atoms with Crippen molar-refractivity contribution in [1.29, 1.82) is 0 Å². The van der Waals surface area contributed by atoms with E-state index in [2.05, 4.69) is 20.5 Å². The molecule has 0 bridgehead atoms. The van der Waals surface area contributed by atoms with Crippen LogP contribution in [0.15, 0.2) is 46.7 Å². The van der Waals surface area contributed by atoms with Gasteiger partial charge in [0.1, 0.15) is 0 Å². The fourth-order valence-electron chi connectivity index (χ4n) is 3.40. The molecule has 33 heavy (non-hydrogen) atoms. The average Bonchev–Trinajstić information content (AvgIpc) is 3.05. The highest BCUT2D eigenvalue weighted by Gasteiger charge is 2.13. The van der Waals surface area contributed by atoms with Gasteiger partial charge in [-0.1, -0.05) is 17.8 Å². The number of amides is 1. The van der Waals surface area contributed by atoms with Crippen molar-refractivity contribution >= 4 is 29.9 Å². The molecule has 172 valence electrons. The number of carbonyl (C=O) groups is 2. The molecule has 0 spiro atoms. The predicted octanol–water partition coefficient (Wildman–Crippen LogP) is 3.92. The van der Waals surface area contributed by atoms with E-state index in [1.807, 2.05) is 56.5 Å². The van der Waals surface area contributed by atoms with Crippen LogP contribution < -0.4 is 5.43 Å². The molecule has 0 fully saturated rings. The Kier molecular flexibility index (Phi) is 8.00. The summed E-state index contributed by atoms with van der Waals surface area (Å²) in [6.45, 7) is 9.83. The third kappa shape index (κ3) is 6.29. The molecule has 0 radical (unpaired) electrons. The zero-order valence-electron chi connectivity index (χ0n) is 19.4. The Morgan fingerprint density at radius 3 is 2.55 bits per heavy atom. The number of nitrogens with one attached hydrogen (secondary N) is 1. The van der Waals surface area contributed by atoms with Gasteiger partial charge in [0.15, 0.2) is 5.16 Å². The minimum atomic E-state index is -0.351. The van der Waals surface area contributed by atoms with E-state index in [0.717, 1.165) is 34.0 Å². The van der Waals surface area contributed by atoms with E-state index in [9.17, 15) is 9.59 Å². The van der Waals surface area contributed by atoms with Gasteiger partial charge in [-0.2, -0.15) is 5.10 Å². The van der Waals surface area contributed by atoms with Gasteiger partial charge in [-0.3, -0.25) is 4.79 Å². The van der Waals surface area contributed by atoms with Crippen molar-refractivity contribution in [3.63, 3.8) is 0 Å². The summed E-state index contributed by atoms with van der Waals surface area (Å²) in [6.07, 6.45) is 1.61. The lowest BCUT2D eigenvalue weighted by molar-refractivity contribution is -0.118. The van der Waals surface area contributed by atoms with Gasteiger partial charge in [0.05, 0.1) is 24.1 Å². The first-order valence-electron chi connectivity index (χ1n) is 10.5. The van der Waals surface area contributed by atoms with Crippen LogP contribution in [0.4, 0.5) is 0 Å². The molecule has 1 aromatic carbocycles. The van der Waals surface area contributed by atoms with E-state index in [-0.39, 0.29) is 17.6 Å². The molecule has 0 atom stereocenters. The fourth-order valence-corrected chi connectivity index (χ4v) is 4.14. The molecular formula is C24H27N5O3S. The minimum Gasteiger partial charge on any atom is -0.462 e. The van der Waals surface area contributed by atoms with Crippen LogP contribution >= 0.6 is 11.8 Å². The number of thioether (sulfide) groups is 1. The standard InChI is InChI=1S/C24H27N5O3S/c1-6-32-23(31)19-8-7-9-21(12-19)29-17(4)11-20(18(29)5)13-25-28-22(30)14-33-24-26-15(2)10-16(3)27-24/h7-13H,6,14H2,1-5H3,(H,28,30)/b25-13-. The highest BCUT2D eigenvalue weighted by molar-refractivity contribution is 7.99. The van der Waals surface area contributed by atoms with Crippen molar-refractivity contribution in [2.45, 2.75) is 39.8 Å². The molecule has 0 saturated carbocycles. The normalized spacial score (nSPS) is 11.1. The highest BCUT2D eigenvalue weighted by Crippen LogP contribution is 2.21. The Morgan fingerprint density at radius 2 is 1.85 bits per heavy atom. The molecule has 3 rings (SSSR count). The molecule has 1 amide bonds. The lowest BCUT2D eigenvalue weighted by Gasteiger charge is -2.11. The number of ether oxygens (including phenoxy) is 1. The Balaban J connectivity index is 1.67. The van der Waals surface area contributed by atoms with Crippen molar-refractivity contribution < 1.29 is 14.3 Å². The Labute approximate surface area is 197 Å². The van der Waals surface area contributed by atoms with E-state index >= 15 is 0 Å². The van der Waals surface area contributed by atoms with Crippen molar-refractivity contribution in [1.82, 2.24) is 20.0 Å². The summed E-state index contributed by atoms with van der Waals surface area (Å²) in [5.41, 5.74) is 8.40. The molecule has 2 aromatic heterocycles. The van der Waals surface area contributed by atoms with E-state index in [4.69, 9.17) is 4.74 Å². The second-order valence-electron chi connectivity index (χ2n) is 7.45. The maximum atomic E-state index is 12.2. The van der Waals surface area contributed by atoms with Crippen LogP contribution in [0, 0.1) is 27.7 Å². The summed E-state index contributed by atoms with van der Waals surface area (Å²) in [7, 11) is 0. The van der Waals surface area contributed by atoms with E-state index < -0.39 is 0 Å². The second-order valence-corrected chi connectivity index (χ2v) is 8.39. The number of hydrogen-bond donors (Lipinski definition) is 1. The number of aromatic nitrogens is 3. The first-order chi connectivity index (χ1) is 15.8. The summed E-state index contributed by atoms with van der Waals surface area (Å²) in [5.74, 6) is -0.426. The molecule has 2 heterocycles. The van der Waals surface area contributed by atoms with E-state index in [1.165, 1.54) is 11.8 Å². The maximum Gasteiger partial charge on any atom is 0.338 e. The molecule has 3 aromatic rings. The van der Waals surface area contributed by atoms with Crippen LogP contribution in [0.3, 0.4) is 0 Å². The Hall–Kier alpha value is -3.46. The first kappa shape index (κ1) is 24.2. The van der Waals surface area contributed by atoms with Crippen LogP contribution in [0.2, 0.25) is 0 Å². The van der Waals surface area contributed by atoms with Gasteiger partial charge >= 0.3 is 5.97 Å². The molecule has 0 unspecified atom stereocenters. The van der Waals surface area contributed by atoms with Crippen LogP contribution in [0.5, 0.6) is 0 Å². The number of esters is 1. The van der Waals surface area contributed by atoms with Gasteiger partial charge in [0, 0.05) is 34.0 Å². The minimum absolute atomic E-state index is 0.167. The number of carbonyl (C=O) groups excluding carboxylic acids is 2. The maximum absolute atomic E-state index is 12.2. The van der Waals surface area contributed by atoms with Gasteiger partial charge in [-0.15, -0.1) is 0 Å². The molecular weight excluding hydrogens is 438 g/mol. The van der Waals surface area contributed by atoms with Gasteiger partial charge < -0.3 is 9.30 Å². The second kappa shape index (κ2) is 10.9. The highest BCUT2D eigenvalue weighted by atomic mass is 32.2. The van der Waals surface area contributed by atoms with E-state index in [1.54, 1.807) is 25.3 Å². The van der Waals surface area contributed by atoms with Gasteiger partial charge in [-0.25, -0.2) is 20.2 Å². The van der Waals surface area contributed by atoms with Crippen LogP contribution in [0.1, 0.15) is 45.6 Å². The summed E-state index contributed by atoms with van der Waals surface area (Å²) >= 11 is 1.27. The molecule has 0 aliphatic heterocycles. The molecule has 1 N–H and O–H groups in total. The summed E-state index contributed by atoms with van der Waals surface area (Å²) < 4.78 is 7.13. The topological polar surface area (TPSA) is 98.5 Å². The van der Waals surface area contributed by atoms with Crippen molar-refractivity contribution in [2.24, 2.45) is 5.10 Å². The Bertz CT molecular complexity index is 1180. The summed E-state index contributed by atoms with van der Waals surface area (Å²) in [5, 5.41) is 4.67. The number of benzene rings is 1. The van der Waals surface area contributed by atoms with Crippen LogP contribution in [0.25, 0.3) is 5.69 Å². The molecule has 9 heteroatoms. The molecule has 0 aliphatic rings. The first-order valence-corrected chi connectivity index (χ1v) is 11.5. The smallest absolute Gasteiger partial charge is 0.338 e. The van der Waals surface area contributed by atoms with E-state index in [0.29, 0.717) is 17.3 Å². The lowest BCUT2D eigenvalue weighted by atomic mass is 10.2. The fraction of sp³-hybridized carbons (Fsp3) is 0.292. The predicted molar refractivity (Wildman–Crippen MR) is 129 cm³/mol. The monoisotopic (exact) mass is 465 g/mol. The number of nitrogens with zero attached hydrogens (tertiary/aromatic N) is 4. The van der Waals surface area contributed by atoms with Crippen molar-refractivity contribution in [3.8, 4) is 5.69 Å². The quantitative estimate of drug-likeness (QED) is 0.178. The summed E-state index contributed by atoms with van der Waals surface area (Å²) in [6, 6.07) is 11.1. The lowest BCUT2D eigenvalue weighted by Crippen LogP contribution is -2.19. The van der Waals surface area contributed by atoms with Gasteiger partial charge in [0.25, 0.3) is 5.91 Å². The van der Waals surface area contributed by atoms with Crippen molar-refractivity contribution in [2.75, 3.05) is 12.4 Å². The third-order valence-corrected chi connectivity index (χ3v) is 5.62. The van der Waals surface area contributed by atoms with Gasteiger partial charge in [0.2, 0.25) is 0 Å². The number of rotatable bonds is 8. The zero-order valence-corrected chi connectivity index (χ0v) is 20.2. The van der Waals surface area contributed by atoms with Crippen LogP contribution in [-0.4, -0.2) is 45.0 Å². The summed E-state index contributed by atoms with van der Waals surface area (Å²) in [4.78, 5) is 32.9. The Morgan fingerprint density at radius 1 is 1.12 bits per heavy atom. The molecule has 0 saturated heterocycles. The SMILES string of the molecule is CCOC(=O)c1cccc(-n2c(C)cc(/C=N\NC(=O)CSc3nc(C)cc(C)n3)c2C)c1.